The maximum absolute atomic E-state index is 10.7. The molecule has 7 nitrogen and oxygen atoms in total. The average Bonchev–Trinajstić information content (AvgIpc) is 2.59. The molecular formula is C18H27IN4O3. The zero-order valence-corrected chi connectivity index (χ0v) is 17.3. The number of nitro groups is 1. The summed E-state index contributed by atoms with van der Waals surface area (Å²) >= 11 is 0. The van der Waals surface area contributed by atoms with Gasteiger partial charge in [0, 0.05) is 24.7 Å². The predicted molar refractivity (Wildman–Crippen MR) is 114 cm³/mol. The number of guanidine groups is 1. The zero-order valence-electron chi connectivity index (χ0n) is 15.0. The molecular weight excluding hydrogens is 447 g/mol. The van der Waals surface area contributed by atoms with Crippen LogP contribution < -0.4 is 10.6 Å². The molecule has 1 saturated carbocycles. The van der Waals surface area contributed by atoms with Gasteiger partial charge in [-0.1, -0.05) is 24.3 Å². The number of non-ortho nitro benzene ring substituents is 1. The maximum atomic E-state index is 10.7. The number of hydrogen-bond acceptors (Lipinski definition) is 4. The van der Waals surface area contributed by atoms with Gasteiger partial charge in [0.25, 0.3) is 5.69 Å². The Morgan fingerprint density at radius 3 is 2.46 bits per heavy atom. The molecule has 0 aliphatic heterocycles. The fraction of sp³-hybridized carbons (Fsp3) is 0.500. The lowest BCUT2D eigenvalue weighted by Crippen LogP contribution is -2.45. The Labute approximate surface area is 171 Å². The zero-order chi connectivity index (χ0) is 18.2. The number of nitrogens with zero attached hydrogens (tertiary/aromatic N) is 2. The Bertz CT molecular complexity index is 626. The summed E-state index contributed by atoms with van der Waals surface area (Å²) in [6.07, 6.45) is 3.22. The van der Waals surface area contributed by atoms with Gasteiger partial charge in [-0.25, -0.2) is 4.99 Å². The van der Waals surface area contributed by atoms with Crippen LogP contribution in [0.4, 0.5) is 5.69 Å². The Kier molecular flexibility index (Phi) is 9.57. The minimum atomic E-state index is -0.411. The summed E-state index contributed by atoms with van der Waals surface area (Å²) in [6, 6.07) is 6.70. The van der Waals surface area contributed by atoms with Crippen LogP contribution in [0.5, 0.6) is 0 Å². The molecule has 0 aromatic heterocycles. The average molecular weight is 474 g/mol. The quantitative estimate of drug-likeness (QED) is 0.147. The lowest BCUT2D eigenvalue weighted by molar-refractivity contribution is -0.384. The molecule has 0 heterocycles. The number of hydrogen-bond donors (Lipinski definition) is 3. The van der Waals surface area contributed by atoms with E-state index in [1.165, 1.54) is 12.1 Å². The minimum absolute atomic E-state index is 0. The van der Waals surface area contributed by atoms with E-state index >= 15 is 0 Å². The Morgan fingerprint density at radius 2 is 1.92 bits per heavy atom. The van der Waals surface area contributed by atoms with Gasteiger partial charge in [-0.3, -0.25) is 10.1 Å². The third kappa shape index (κ3) is 7.69. The lowest BCUT2D eigenvalue weighted by Gasteiger charge is -2.27. The fourth-order valence-electron chi connectivity index (χ4n) is 2.69. The van der Waals surface area contributed by atoms with Crippen LogP contribution in [0.15, 0.2) is 41.4 Å². The second-order valence-corrected chi connectivity index (χ2v) is 6.55. The van der Waals surface area contributed by atoms with Crippen LogP contribution in [0.1, 0.15) is 38.2 Å². The third-order valence-corrected chi connectivity index (χ3v) is 4.16. The Balaban J connectivity index is 0.00000338. The van der Waals surface area contributed by atoms with Crippen LogP contribution >= 0.6 is 24.0 Å². The van der Waals surface area contributed by atoms with Crippen LogP contribution in [0, 0.1) is 10.1 Å². The molecule has 0 atom stereocenters. The molecule has 1 fully saturated rings. The van der Waals surface area contributed by atoms with Crippen molar-refractivity contribution in [3.63, 3.8) is 0 Å². The standard InChI is InChI=1S/C18H26N4O3.HI/c1-13(2)11-19-18(21-15-5-9-17(23)10-6-15)20-12-14-3-7-16(8-4-14)22(24)25;/h3-4,7-8,15,17,23H,1,5-6,9-12H2,2H3,(H2,19,20,21);1H. The van der Waals surface area contributed by atoms with E-state index in [0.717, 1.165) is 36.8 Å². The first-order valence-electron chi connectivity index (χ1n) is 8.54. The molecule has 0 spiro atoms. The summed E-state index contributed by atoms with van der Waals surface area (Å²) < 4.78 is 0. The van der Waals surface area contributed by atoms with E-state index in [9.17, 15) is 15.2 Å². The number of rotatable bonds is 6. The molecule has 144 valence electrons. The molecule has 8 heteroatoms. The molecule has 3 N–H and O–H groups in total. The SMILES string of the molecule is C=C(C)CNC(=NCc1ccc([N+](=O)[O-])cc1)NC1CCC(O)CC1.I. The van der Waals surface area contributed by atoms with Gasteiger partial charge in [0.2, 0.25) is 0 Å². The van der Waals surface area contributed by atoms with Gasteiger partial charge < -0.3 is 15.7 Å². The molecule has 0 bridgehead atoms. The van der Waals surface area contributed by atoms with Gasteiger partial charge in [-0.15, -0.1) is 24.0 Å². The van der Waals surface area contributed by atoms with Crippen LogP contribution in [0.2, 0.25) is 0 Å². The summed E-state index contributed by atoms with van der Waals surface area (Å²) in [5.74, 6) is 0.697. The summed E-state index contributed by atoms with van der Waals surface area (Å²) in [7, 11) is 0. The number of aliphatic imine (C=N–C) groups is 1. The third-order valence-electron chi connectivity index (χ3n) is 4.16. The van der Waals surface area contributed by atoms with E-state index in [1.54, 1.807) is 12.1 Å². The highest BCUT2D eigenvalue weighted by atomic mass is 127. The van der Waals surface area contributed by atoms with Crippen LogP contribution in [-0.2, 0) is 6.54 Å². The summed E-state index contributed by atoms with van der Waals surface area (Å²) in [5.41, 5.74) is 1.98. The van der Waals surface area contributed by atoms with Gasteiger partial charge in [-0.2, -0.15) is 0 Å². The van der Waals surface area contributed by atoms with Gasteiger partial charge >= 0.3 is 0 Å². The van der Waals surface area contributed by atoms with Crippen molar-refractivity contribution in [2.75, 3.05) is 6.54 Å². The number of nitrogens with one attached hydrogen (secondary N) is 2. The minimum Gasteiger partial charge on any atom is -0.393 e. The maximum Gasteiger partial charge on any atom is 0.269 e. The van der Waals surface area contributed by atoms with Gasteiger partial charge in [0.1, 0.15) is 0 Å². The molecule has 1 aliphatic carbocycles. The molecule has 0 radical (unpaired) electrons. The first kappa shape index (κ1) is 22.4. The van der Waals surface area contributed by atoms with Crippen molar-refractivity contribution in [1.29, 1.82) is 0 Å². The normalized spacial score (nSPS) is 20.0. The van der Waals surface area contributed by atoms with Crippen molar-refractivity contribution in [3.8, 4) is 0 Å². The number of nitro benzene ring substituents is 1. The van der Waals surface area contributed by atoms with E-state index in [2.05, 4.69) is 22.2 Å². The van der Waals surface area contributed by atoms with Gasteiger partial charge in [-0.05, 0) is 38.2 Å². The molecule has 1 aromatic carbocycles. The summed E-state index contributed by atoms with van der Waals surface area (Å²) in [4.78, 5) is 14.9. The first-order valence-corrected chi connectivity index (χ1v) is 8.54. The monoisotopic (exact) mass is 474 g/mol. The fourth-order valence-corrected chi connectivity index (χ4v) is 2.69. The van der Waals surface area contributed by atoms with Crippen molar-refractivity contribution >= 4 is 35.6 Å². The number of aliphatic hydroxyl groups is 1. The molecule has 1 aliphatic rings. The van der Waals surface area contributed by atoms with Crippen molar-refractivity contribution in [2.24, 2.45) is 4.99 Å². The highest BCUT2D eigenvalue weighted by Gasteiger charge is 2.20. The van der Waals surface area contributed by atoms with Crippen LogP contribution in [0.25, 0.3) is 0 Å². The molecule has 2 rings (SSSR count). The molecule has 0 unspecified atom stereocenters. The number of benzene rings is 1. The highest BCUT2D eigenvalue weighted by Crippen LogP contribution is 2.18. The Hall–Kier alpha value is -1.68. The van der Waals surface area contributed by atoms with Crippen molar-refractivity contribution in [2.45, 2.75) is 51.3 Å². The largest absolute Gasteiger partial charge is 0.393 e. The molecule has 0 amide bonds. The van der Waals surface area contributed by atoms with E-state index in [1.807, 2.05) is 6.92 Å². The topological polar surface area (TPSA) is 99.8 Å². The van der Waals surface area contributed by atoms with E-state index < -0.39 is 4.92 Å². The van der Waals surface area contributed by atoms with Gasteiger partial charge in [0.05, 0.1) is 17.6 Å². The van der Waals surface area contributed by atoms with Crippen molar-refractivity contribution < 1.29 is 10.0 Å². The Morgan fingerprint density at radius 1 is 1.31 bits per heavy atom. The summed E-state index contributed by atoms with van der Waals surface area (Å²) in [5, 5.41) is 27.0. The van der Waals surface area contributed by atoms with E-state index in [-0.39, 0.29) is 41.8 Å². The second-order valence-electron chi connectivity index (χ2n) is 6.55. The van der Waals surface area contributed by atoms with Crippen LogP contribution in [0.3, 0.4) is 0 Å². The number of aliphatic hydroxyl groups excluding tert-OH is 1. The number of halogens is 1. The second kappa shape index (κ2) is 11.1. The van der Waals surface area contributed by atoms with Crippen molar-refractivity contribution in [1.82, 2.24) is 10.6 Å². The molecule has 26 heavy (non-hydrogen) atoms. The molecule has 0 saturated heterocycles. The smallest absolute Gasteiger partial charge is 0.269 e. The van der Waals surface area contributed by atoms with E-state index in [0.29, 0.717) is 19.0 Å². The van der Waals surface area contributed by atoms with Gasteiger partial charge in [0.15, 0.2) is 5.96 Å². The summed E-state index contributed by atoms with van der Waals surface area (Å²) in [6.45, 7) is 6.88. The molecule has 1 aromatic rings. The van der Waals surface area contributed by atoms with Crippen molar-refractivity contribution in [3.05, 3.63) is 52.1 Å². The van der Waals surface area contributed by atoms with E-state index in [4.69, 9.17) is 0 Å². The highest BCUT2D eigenvalue weighted by molar-refractivity contribution is 14.0. The predicted octanol–water partition coefficient (Wildman–Crippen LogP) is 3.13. The lowest BCUT2D eigenvalue weighted by atomic mass is 9.93. The first-order chi connectivity index (χ1) is 11.9. The van der Waals surface area contributed by atoms with Crippen LogP contribution in [-0.4, -0.2) is 34.7 Å².